The molecule has 0 aliphatic heterocycles. The van der Waals surface area contributed by atoms with E-state index >= 15 is 0 Å². The lowest BCUT2D eigenvalue weighted by atomic mass is 10.2. The van der Waals surface area contributed by atoms with Crippen LogP contribution in [0.15, 0.2) is 12.1 Å². The van der Waals surface area contributed by atoms with Gasteiger partial charge in [0.25, 0.3) is 0 Å². The molecule has 1 rings (SSSR count). The number of anilines is 2. The van der Waals surface area contributed by atoms with Gasteiger partial charge in [-0.25, -0.2) is 8.78 Å². The van der Waals surface area contributed by atoms with Crippen molar-refractivity contribution in [1.82, 2.24) is 0 Å². The molecule has 0 fully saturated rings. The lowest BCUT2D eigenvalue weighted by Crippen LogP contribution is -2.19. The van der Waals surface area contributed by atoms with Crippen molar-refractivity contribution in [1.29, 1.82) is 0 Å². The normalized spacial score (nSPS) is 12.5. The number of nitrogen functional groups attached to an aromatic ring is 1. The Bertz CT molecular complexity index is 344. The van der Waals surface area contributed by atoms with Gasteiger partial charge in [-0.1, -0.05) is 0 Å². The molecule has 0 heterocycles. The Morgan fingerprint density at radius 1 is 1.47 bits per heavy atom. The van der Waals surface area contributed by atoms with Gasteiger partial charge in [0.15, 0.2) is 5.82 Å². The van der Waals surface area contributed by atoms with E-state index in [-0.39, 0.29) is 17.5 Å². The minimum absolute atomic E-state index is 0.0595. The van der Waals surface area contributed by atoms with Gasteiger partial charge in [-0.15, -0.1) is 0 Å². The fourth-order valence-corrected chi connectivity index (χ4v) is 1.07. The van der Waals surface area contributed by atoms with Gasteiger partial charge in [-0.05, 0) is 13.0 Å². The Morgan fingerprint density at radius 3 is 2.73 bits per heavy atom. The predicted octanol–water partition coefficient (Wildman–Crippen LogP) is 1.99. The van der Waals surface area contributed by atoms with Gasteiger partial charge in [0, 0.05) is 19.7 Å². The zero-order valence-electron chi connectivity index (χ0n) is 8.68. The van der Waals surface area contributed by atoms with Crippen LogP contribution >= 0.6 is 0 Å². The Balaban J connectivity index is 2.76. The summed E-state index contributed by atoms with van der Waals surface area (Å²) in [6.07, 6.45) is -0.0595. The molecule has 0 saturated heterocycles. The minimum Gasteiger partial charge on any atom is -0.395 e. The van der Waals surface area contributed by atoms with E-state index in [1.807, 2.05) is 6.92 Å². The van der Waals surface area contributed by atoms with E-state index in [1.54, 1.807) is 7.11 Å². The van der Waals surface area contributed by atoms with Crippen molar-refractivity contribution in [3.05, 3.63) is 23.8 Å². The van der Waals surface area contributed by atoms with E-state index in [0.717, 1.165) is 12.1 Å². The largest absolute Gasteiger partial charge is 0.395 e. The average molecular weight is 216 g/mol. The van der Waals surface area contributed by atoms with Gasteiger partial charge in [0.1, 0.15) is 5.82 Å². The smallest absolute Gasteiger partial charge is 0.151 e. The minimum atomic E-state index is -0.762. The molecule has 0 radical (unpaired) electrons. The van der Waals surface area contributed by atoms with Gasteiger partial charge in [0.2, 0.25) is 0 Å². The van der Waals surface area contributed by atoms with Crippen molar-refractivity contribution < 1.29 is 13.5 Å². The molecule has 0 aliphatic rings. The lowest BCUT2D eigenvalue weighted by Gasteiger charge is -2.13. The molecule has 3 N–H and O–H groups in total. The Morgan fingerprint density at radius 2 is 2.13 bits per heavy atom. The lowest BCUT2D eigenvalue weighted by molar-refractivity contribution is 0.129. The number of methoxy groups -OCH3 is 1. The first-order valence-electron chi connectivity index (χ1n) is 4.55. The number of nitrogens with two attached hydrogens (primary N) is 1. The van der Waals surface area contributed by atoms with E-state index in [1.165, 1.54) is 0 Å². The molecule has 0 aliphatic carbocycles. The van der Waals surface area contributed by atoms with E-state index in [4.69, 9.17) is 10.5 Å². The number of benzene rings is 1. The third kappa shape index (κ3) is 3.06. The molecule has 1 aromatic rings. The molecule has 3 nitrogen and oxygen atoms in total. The van der Waals surface area contributed by atoms with Crippen molar-refractivity contribution in [3.8, 4) is 0 Å². The van der Waals surface area contributed by atoms with E-state index in [0.29, 0.717) is 6.54 Å². The quantitative estimate of drug-likeness (QED) is 0.757. The number of ether oxygens (including phenoxy) is 1. The standard InChI is InChI=1S/C10H14F2N2O/c1-6(15-2)5-14-9-4-7(11)3-8(12)10(9)13/h3-4,6,14H,5,13H2,1-2H3. The topological polar surface area (TPSA) is 47.3 Å². The van der Waals surface area contributed by atoms with Crippen LogP contribution in [0.2, 0.25) is 0 Å². The highest BCUT2D eigenvalue weighted by Gasteiger charge is 2.08. The van der Waals surface area contributed by atoms with Crippen LogP contribution in [0.5, 0.6) is 0 Å². The third-order valence-corrected chi connectivity index (χ3v) is 2.08. The van der Waals surface area contributed by atoms with Crippen LogP contribution in [-0.2, 0) is 4.74 Å². The first-order valence-corrected chi connectivity index (χ1v) is 4.55. The Kier molecular flexibility index (Phi) is 3.85. The summed E-state index contributed by atoms with van der Waals surface area (Å²) in [5.41, 5.74) is 5.60. The van der Waals surface area contributed by atoms with Gasteiger partial charge in [-0.2, -0.15) is 0 Å². The van der Waals surface area contributed by atoms with Crippen molar-refractivity contribution in [2.75, 3.05) is 24.7 Å². The van der Waals surface area contributed by atoms with Crippen LogP contribution in [0.3, 0.4) is 0 Å². The number of nitrogens with one attached hydrogen (secondary N) is 1. The van der Waals surface area contributed by atoms with Crippen LogP contribution in [0.25, 0.3) is 0 Å². The monoisotopic (exact) mass is 216 g/mol. The third-order valence-electron chi connectivity index (χ3n) is 2.08. The maximum absolute atomic E-state index is 13.0. The van der Waals surface area contributed by atoms with Crippen molar-refractivity contribution in [2.45, 2.75) is 13.0 Å². The second-order valence-corrected chi connectivity index (χ2v) is 3.28. The summed E-state index contributed by atoms with van der Waals surface area (Å²) in [6, 6.07) is 1.90. The average Bonchev–Trinajstić information content (AvgIpc) is 2.20. The van der Waals surface area contributed by atoms with Crippen LogP contribution in [0.1, 0.15) is 6.92 Å². The van der Waals surface area contributed by atoms with Crippen molar-refractivity contribution in [2.24, 2.45) is 0 Å². The maximum atomic E-state index is 13.0. The number of rotatable bonds is 4. The molecule has 0 bridgehead atoms. The summed E-state index contributed by atoms with van der Waals surface area (Å²) in [5, 5.41) is 2.82. The summed E-state index contributed by atoms with van der Waals surface area (Å²) in [4.78, 5) is 0. The van der Waals surface area contributed by atoms with E-state index < -0.39 is 11.6 Å². The maximum Gasteiger partial charge on any atom is 0.151 e. The molecule has 0 spiro atoms. The molecule has 1 aromatic carbocycles. The molecular formula is C10H14F2N2O. The van der Waals surface area contributed by atoms with Crippen LogP contribution in [-0.4, -0.2) is 19.8 Å². The van der Waals surface area contributed by atoms with E-state index in [9.17, 15) is 8.78 Å². The summed E-state index contributed by atoms with van der Waals surface area (Å²) in [5.74, 6) is -1.42. The molecule has 0 aromatic heterocycles. The zero-order chi connectivity index (χ0) is 11.4. The summed E-state index contributed by atoms with van der Waals surface area (Å²) < 4.78 is 30.8. The van der Waals surface area contributed by atoms with Crippen molar-refractivity contribution >= 4 is 11.4 Å². The van der Waals surface area contributed by atoms with Crippen LogP contribution in [0, 0.1) is 11.6 Å². The van der Waals surface area contributed by atoms with Gasteiger partial charge in [0.05, 0.1) is 17.5 Å². The second kappa shape index (κ2) is 4.93. The Hall–Kier alpha value is -1.36. The fourth-order valence-electron chi connectivity index (χ4n) is 1.07. The molecule has 1 atom stereocenters. The predicted molar refractivity (Wildman–Crippen MR) is 55.7 cm³/mol. The molecule has 5 heteroatoms. The van der Waals surface area contributed by atoms with Crippen LogP contribution in [0.4, 0.5) is 20.2 Å². The molecule has 0 saturated carbocycles. The van der Waals surface area contributed by atoms with Gasteiger partial charge < -0.3 is 15.8 Å². The molecule has 1 unspecified atom stereocenters. The zero-order valence-corrected chi connectivity index (χ0v) is 8.68. The number of hydrogen-bond donors (Lipinski definition) is 2. The van der Waals surface area contributed by atoms with Crippen molar-refractivity contribution in [3.63, 3.8) is 0 Å². The first kappa shape index (κ1) is 11.7. The fraction of sp³-hybridized carbons (Fsp3) is 0.400. The SMILES string of the molecule is COC(C)CNc1cc(F)cc(F)c1N. The summed E-state index contributed by atoms with van der Waals surface area (Å²) >= 11 is 0. The molecule has 15 heavy (non-hydrogen) atoms. The second-order valence-electron chi connectivity index (χ2n) is 3.28. The van der Waals surface area contributed by atoms with E-state index in [2.05, 4.69) is 5.32 Å². The molecular weight excluding hydrogens is 202 g/mol. The highest BCUT2D eigenvalue weighted by molar-refractivity contribution is 5.66. The summed E-state index contributed by atoms with van der Waals surface area (Å²) in [6.45, 7) is 2.27. The van der Waals surface area contributed by atoms with Gasteiger partial charge in [-0.3, -0.25) is 0 Å². The Labute approximate surface area is 87.2 Å². The molecule has 84 valence electrons. The highest BCUT2D eigenvalue weighted by Crippen LogP contribution is 2.23. The summed E-state index contributed by atoms with van der Waals surface area (Å²) in [7, 11) is 1.56. The number of hydrogen-bond acceptors (Lipinski definition) is 3. The first-order chi connectivity index (χ1) is 7.04. The highest BCUT2D eigenvalue weighted by atomic mass is 19.1. The number of halogens is 2. The van der Waals surface area contributed by atoms with Gasteiger partial charge >= 0.3 is 0 Å². The molecule has 0 amide bonds. The van der Waals surface area contributed by atoms with Crippen LogP contribution < -0.4 is 11.1 Å².